The first-order valence-electron chi connectivity index (χ1n) is 11.9. The molecule has 0 saturated carbocycles. The van der Waals surface area contributed by atoms with Crippen LogP contribution in [-0.4, -0.2) is 19.2 Å². The van der Waals surface area contributed by atoms with Crippen molar-refractivity contribution in [2.45, 2.75) is 65.7 Å². The van der Waals surface area contributed by atoms with Gasteiger partial charge in [-0.1, -0.05) is 19.1 Å². The van der Waals surface area contributed by atoms with Crippen LogP contribution in [0.4, 0.5) is 8.78 Å². The van der Waals surface area contributed by atoms with Crippen molar-refractivity contribution in [2.24, 2.45) is 5.41 Å². The molecule has 0 bridgehead atoms. The average molecular weight is 457 g/mol. The zero-order chi connectivity index (χ0) is 23.8. The van der Waals surface area contributed by atoms with Gasteiger partial charge in [-0.05, 0) is 99.8 Å². The number of aryl methyl sites for hydroxylation is 1. The number of esters is 1. The standard InChI is InChI=1S/C28H34F2O3/c1-4-28(2,3)27(31)33-16-7-5-6-15-32-24-13-11-21-17-22(10-8-9-20(21)18-24)25-14-12-23(29)19-26(25)30/h11-14,17-19H,4-10,15-16H2,1-3H3. The van der Waals surface area contributed by atoms with Crippen LogP contribution >= 0.6 is 0 Å². The maximum absolute atomic E-state index is 14.2. The Bertz CT molecular complexity index is 995. The second kappa shape index (κ2) is 11.4. The molecule has 0 aromatic heterocycles. The summed E-state index contributed by atoms with van der Waals surface area (Å²) in [5, 5.41) is 0. The van der Waals surface area contributed by atoms with Crippen LogP contribution in [0.25, 0.3) is 11.6 Å². The Morgan fingerprint density at radius 2 is 1.79 bits per heavy atom. The molecule has 0 unspecified atom stereocenters. The second-order valence-corrected chi connectivity index (χ2v) is 9.29. The zero-order valence-corrected chi connectivity index (χ0v) is 19.9. The van der Waals surface area contributed by atoms with E-state index in [1.54, 1.807) is 0 Å². The van der Waals surface area contributed by atoms with Gasteiger partial charge in [-0.2, -0.15) is 0 Å². The minimum Gasteiger partial charge on any atom is -0.494 e. The van der Waals surface area contributed by atoms with Gasteiger partial charge in [0.25, 0.3) is 0 Å². The SMILES string of the molecule is CCC(C)(C)C(=O)OCCCCCOc1ccc2c(c1)CCCC(c1ccc(F)cc1F)=C2. The Kier molecular flexibility index (Phi) is 8.65. The van der Waals surface area contributed by atoms with Gasteiger partial charge in [0.2, 0.25) is 0 Å². The molecule has 0 N–H and O–H groups in total. The van der Waals surface area contributed by atoms with Crippen molar-refractivity contribution < 1.29 is 23.0 Å². The summed E-state index contributed by atoms with van der Waals surface area (Å²) < 4.78 is 38.8. The first-order chi connectivity index (χ1) is 15.8. The van der Waals surface area contributed by atoms with Crippen LogP contribution in [0.2, 0.25) is 0 Å². The number of allylic oxidation sites excluding steroid dienone is 1. The van der Waals surface area contributed by atoms with E-state index in [1.165, 1.54) is 17.7 Å². The number of unbranched alkanes of at least 4 members (excludes halogenated alkanes) is 2. The summed E-state index contributed by atoms with van der Waals surface area (Å²) in [5.41, 5.74) is 3.17. The molecule has 3 nitrogen and oxygen atoms in total. The lowest BCUT2D eigenvalue weighted by molar-refractivity contribution is -0.154. The highest BCUT2D eigenvalue weighted by molar-refractivity contribution is 5.83. The Balaban J connectivity index is 1.48. The molecule has 0 amide bonds. The molecule has 5 heteroatoms. The number of carbonyl (C=O) groups excluding carboxylic acids is 1. The van der Waals surface area contributed by atoms with E-state index in [1.807, 2.05) is 39.0 Å². The summed E-state index contributed by atoms with van der Waals surface area (Å²) in [6, 6.07) is 9.77. The number of fused-ring (bicyclic) bond motifs is 1. The number of benzene rings is 2. The Labute approximate surface area is 195 Å². The predicted octanol–water partition coefficient (Wildman–Crippen LogP) is 7.37. The number of halogens is 2. The van der Waals surface area contributed by atoms with Crippen LogP contribution in [-0.2, 0) is 16.0 Å². The summed E-state index contributed by atoms with van der Waals surface area (Å²) in [5.74, 6) is -0.386. The van der Waals surface area contributed by atoms with Gasteiger partial charge in [-0.25, -0.2) is 8.78 Å². The fourth-order valence-electron chi connectivity index (χ4n) is 3.80. The van der Waals surface area contributed by atoms with Gasteiger partial charge in [0.1, 0.15) is 17.4 Å². The van der Waals surface area contributed by atoms with Crippen molar-refractivity contribution in [3.8, 4) is 5.75 Å². The molecular weight excluding hydrogens is 422 g/mol. The zero-order valence-electron chi connectivity index (χ0n) is 19.9. The minimum absolute atomic E-state index is 0.134. The molecule has 1 aliphatic rings. The van der Waals surface area contributed by atoms with Gasteiger partial charge < -0.3 is 9.47 Å². The van der Waals surface area contributed by atoms with Crippen molar-refractivity contribution in [3.05, 3.63) is 64.7 Å². The van der Waals surface area contributed by atoms with Crippen LogP contribution in [0.5, 0.6) is 5.75 Å². The minimum atomic E-state index is -0.561. The molecule has 2 aromatic rings. The van der Waals surface area contributed by atoms with Crippen LogP contribution in [0.1, 0.15) is 76.0 Å². The predicted molar refractivity (Wildman–Crippen MR) is 128 cm³/mol. The maximum Gasteiger partial charge on any atom is 0.311 e. The number of hydrogen-bond acceptors (Lipinski definition) is 3. The van der Waals surface area contributed by atoms with Gasteiger partial charge in [-0.15, -0.1) is 0 Å². The second-order valence-electron chi connectivity index (χ2n) is 9.29. The molecule has 0 aliphatic heterocycles. The monoisotopic (exact) mass is 456 g/mol. The molecule has 0 spiro atoms. The lowest BCUT2D eigenvalue weighted by atomic mass is 9.91. The average Bonchev–Trinajstić information content (AvgIpc) is 3.00. The Morgan fingerprint density at radius 3 is 2.55 bits per heavy atom. The van der Waals surface area contributed by atoms with Crippen molar-refractivity contribution in [1.82, 2.24) is 0 Å². The summed E-state index contributed by atoms with van der Waals surface area (Å²) in [6.07, 6.45) is 7.94. The Hall–Kier alpha value is -2.69. The summed E-state index contributed by atoms with van der Waals surface area (Å²) in [7, 11) is 0. The van der Waals surface area contributed by atoms with Crippen molar-refractivity contribution in [3.63, 3.8) is 0 Å². The van der Waals surface area contributed by atoms with E-state index in [0.29, 0.717) is 18.8 Å². The molecule has 0 atom stereocenters. The number of hydrogen-bond donors (Lipinski definition) is 0. The molecule has 3 rings (SSSR count). The summed E-state index contributed by atoms with van der Waals surface area (Å²) in [6.45, 7) is 6.85. The molecular formula is C28H34F2O3. The van der Waals surface area contributed by atoms with E-state index < -0.39 is 17.0 Å². The third-order valence-corrected chi connectivity index (χ3v) is 6.34. The van der Waals surface area contributed by atoms with Gasteiger partial charge in [0.05, 0.1) is 18.6 Å². The highest BCUT2D eigenvalue weighted by Gasteiger charge is 2.26. The van der Waals surface area contributed by atoms with Gasteiger partial charge in [0.15, 0.2) is 0 Å². The lowest BCUT2D eigenvalue weighted by Gasteiger charge is -2.20. The fraction of sp³-hybridized carbons (Fsp3) is 0.464. The number of carbonyl (C=O) groups is 1. The van der Waals surface area contributed by atoms with E-state index in [-0.39, 0.29) is 5.97 Å². The molecule has 2 aromatic carbocycles. The molecule has 0 fully saturated rings. The highest BCUT2D eigenvalue weighted by atomic mass is 19.1. The highest BCUT2D eigenvalue weighted by Crippen LogP contribution is 2.32. The van der Waals surface area contributed by atoms with E-state index in [0.717, 1.165) is 67.9 Å². The van der Waals surface area contributed by atoms with E-state index >= 15 is 0 Å². The van der Waals surface area contributed by atoms with E-state index in [2.05, 4.69) is 6.07 Å². The quantitative estimate of drug-likeness (QED) is 0.277. The van der Waals surface area contributed by atoms with Crippen LogP contribution in [0.3, 0.4) is 0 Å². The maximum atomic E-state index is 14.2. The number of ether oxygens (including phenoxy) is 2. The first kappa shape index (κ1) is 24.9. The molecule has 1 aliphatic carbocycles. The normalized spacial score (nSPS) is 13.7. The largest absolute Gasteiger partial charge is 0.494 e. The van der Waals surface area contributed by atoms with Crippen molar-refractivity contribution in [1.29, 1.82) is 0 Å². The topological polar surface area (TPSA) is 35.5 Å². The fourth-order valence-corrected chi connectivity index (χ4v) is 3.80. The number of rotatable bonds is 10. The van der Waals surface area contributed by atoms with Crippen LogP contribution < -0.4 is 4.74 Å². The summed E-state index contributed by atoms with van der Waals surface area (Å²) in [4.78, 5) is 12.0. The molecule has 178 valence electrons. The van der Waals surface area contributed by atoms with Gasteiger partial charge >= 0.3 is 5.97 Å². The molecule has 0 heterocycles. The molecule has 0 saturated heterocycles. The van der Waals surface area contributed by atoms with Crippen molar-refractivity contribution in [2.75, 3.05) is 13.2 Å². The Morgan fingerprint density at radius 1 is 1.00 bits per heavy atom. The first-order valence-corrected chi connectivity index (χ1v) is 11.9. The third-order valence-electron chi connectivity index (χ3n) is 6.34. The molecule has 0 radical (unpaired) electrons. The summed E-state index contributed by atoms with van der Waals surface area (Å²) >= 11 is 0. The van der Waals surface area contributed by atoms with Gasteiger partial charge in [0, 0.05) is 11.6 Å². The van der Waals surface area contributed by atoms with Crippen LogP contribution in [0, 0.1) is 17.0 Å². The van der Waals surface area contributed by atoms with Crippen LogP contribution in [0.15, 0.2) is 36.4 Å². The third kappa shape index (κ3) is 6.89. The lowest BCUT2D eigenvalue weighted by Crippen LogP contribution is -2.26. The van der Waals surface area contributed by atoms with Crippen molar-refractivity contribution >= 4 is 17.6 Å². The van der Waals surface area contributed by atoms with E-state index in [4.69, 9.17) is 9.47 Å². The smallest absolute Gasteiger partial charge is 0.311 e. The molecule has 33 heavy (non-hydrogen) atoms. The van der Waals surface area contributed by atoms with E-state index in [9.17, 15) is 13.6 Å². The van der Waals surface area contributed by atoms with Gasteiger partial charge in [-0.3, -0.25) is 4.79 Å².